The molecule has 0 spiro atoms. The van der Waals surface area contributed by atoms with Crippen molar-refractivity contribution in [1.82, 2.24) is 0 Å². The maximum atomic E-state index is 12.3. The zero-order valence-electron chi connectivity index (χ0n) is 17.8. The zero-order chi connectivity index (χ0) is 21.9. The predicted octanol–water partition coefficient (Wildman–Crippen LogP) is 2.35. The number of hydrogen-bond acceptors (Lipinski definition) is 8. The quantitative estimate of drug-likeness (QED) is 0.266. The van der Waals surface area contributed by atoms with E-state index in [2.05, 4.69) is 0 Å². The molecule has 1 aromatic rings. The van der Waals surface area contributed by atoms with E-state index >= 15 is 0 Å². The van der Waals surface area contributed by atoms with E-state index < -0.39 is 27.8 Å². The standard InChI is InChI=1S/C20H32O8S/c1-6-24-11-12-25-13-14-26-17-9-7-16(8-10-17)15-18(28-29(5,22)23)19(21)27-20(2,3)4/h7-10,18H,6,11-15H2,1-5H3/t18-/m1/s1. The zero-order valence-corrected chi connectivity index (χ0v) is 18.6. The molecule has 0 heterocycles. The molecule has 29 heavy (non-hydrogen) atoms. The smallest absolute Gasteiger partial charge is 0.337 e. The lowest BCUT2D eigenvalue weighted by atomic mass is 10.1. The Balaban J connectivity index is 2.58. The van der Waals surface area contributed by atoms with Crippen LogP contribution in [0.3, 0.4) is 0 Å². The fraction of sp³-hybridized carbons (Fsp3) is 0.650. The number of hydrogen-bond donors (Lipinski definition) is 0. The number of rotatable bonds is 13. The van der Waals surface area contributed by atoms with E-state index in [9.17, 15) is 13.2 Å². The summed E-state index contributed by atoms with van der Waals surface area (Å²) < 4.78 is 49.4. The van der Waals surface area contributed by atoms with Crippen LogP contribution in [0.5, 0.6) is 5.75 Å². The first-order valence-electron chi connectivity index (χ1n) is 9.48. The first-order valence-corrected chi connectivity index (χ1v) is 11.3. The maximum Gasteiger partial charge on any atom is 0.337 e. The second-order valence-electron chi connectivity index (χ2n) is 7.33. The average molecular weight is 433 g/mol. The van der Waals surface area contributed by atoms with Gasteiger partial charge in [0.15, 0.2) is 6.10 Å². The van der Waals surface area contributed by atoms with Crippen molar-refractivity contribution in [2.45, 2.75) is 45.8 Å². The van der Waals surface area contributed by atoms with Gasteiger partial charge in [-0.25, -0.2) is 4.79 Å². The molecule has 9 heteroatoms. The van der Waals surface area contributed by atoms with Gasteiger partial charge in [-0.15, -0.1) is 0 Å². The summed E-state index contributed by atoms with van der Waals surface area (Å²) in [5.41, 5.74) is -0.0386. The van der Waals surface area contributed by atoms with Crippen molar-refractivity contribution in [2.24, 2.45) is 0 Å². The SMILES string of the molecule is CCOCCOCCOc1ccc(C[C@@H](OS(C)(=O)=O)C(=O)OC(C)(C)C)cc1. The average Bonchev–Trinajstić information content (AvgIpc) is 2.59. The topological polar surface area (TPSA) is 97.4 Å². The number of ether oxygens (including phenoxy) is 4. The highest BCUT2D eigenvalue weighted by atomic mass is 32.2. The molecule has 1 rings (SSSR count). The van der Waals surface area contributed by atoms with Crippen molar-refractivity contribution < 1.29 is 36.3 Å². The van der Waals surface area contributed by atoms with Crippen molar-refractivity contribution in [2.75, 3.05) is 39.3 Å². The van der Waals surface area contributed by atoms with Crippen LogP contribution in [0.25, 0.3) is 0 Å². The molecule has 166 valence electrons. The lowest BCUT2D eigenvalue weighted by Gasteiger charge is -2.23. The van der Waals surface area contributed by atoms with E-state index in [1.807, 2.05) is 6.92 Å². The summed E-state index contributed by atoms with van der Waals surface area (Å²) in [7, 11) is -3.82. The lowest BCUT2D eigenvalue weighted by molar-refractivity contribution is -0.163. The van der Waals surface area contributed by atoms with E-state index in [1.54, 1.807) is 45.0 Å². The molecule has 0 aliphatic carbocycles. The van der Waals surface area contributed by atoms with Gasteiger partial charge in [0.1, 0.15) is 18.0 Å². The molecule has 0 aliphatic heterocycles. The lowest BCUT2D eigenvalue weighted by Crippen LogP contribution is -2.36. The molecule has 0 saturated heterocycles. The first-order chi connectivity index (χ1) is 13.5. The van der Waals surface area contributed by atoms with Crippen LogP contribution in [0.4, 0.5) is 0 Å². The minimum atomic E-state index is -3.82. The number of carbonyl (C=O) groups excluding carboxylic acids is 1. The van der Waals surface area contributed by atoms with Gasteiger partial charge in [-0.3, -0.25) is 4.18 Å². The van der Waals surface area contributed by atoms with Gasteiger partial charge in [0.25, 0.3) is 10.1 Å². The summed E-state index contributed by atoms with van der Waals surface area (Å²) in [5, 5.41) is 0. The van der Waals surface area contributed by atoms with Crippen LogP contribution < -0.4 is 4.74 Å². The largest absolute Gasteiger partial charge is 0.491 e. The van der Waals surface area contributed by atoms with Gasteiger partial charge in [0.05, 0.1) is 26.1 Å². The number of carbonyl (C=O) groups is 1. The van der Waals surface area contributed by atoms with E-state index in [1.165, 1.54) is 0 Å². The molecular formula is C20H32O8S. The van der Waals surface area contributed by atoms with Crippen molar-refractivity contribution in [3.05, 3.63) is 29.8 Å². The molecule has 0 unspecified atom stereocenters. The normalized spacial score (nSPS) is 13.1. The summed E-state index contributed by atoms with van der Waals surface area (Å²) in [4.78, 5) is 12.3. The first kappa shape index (κ1) is 25.4. The van der Waals surface area contributed by atoms with Gasteiger partial charge >= 0.3 is 5.97 Å². The molecule has 0 fully saturated rings. The molecule has 1 atom stereocenters. The minimum Gasteiger partial charge on any atom is -0.491 e. The van der Waals surface area contributed by atoms with Crippen LogP contribution in [0, 0.1) is 0 Å². The van der Waals surface area contributed by atoms with Gasteiger partial charge in [0, 0.05) is 13.0 Å². The van der Waals surface area contributed by atoms with Crippen molar-refractivity contribution in [3.63, 3.8) is 0 Å². The van der Waals surface area contributed by atoms with Gasteiger partial charge in [-0.2, -0.15) is 8.42 Å². The molecule has 0 aromatic heterocycles. The molecular weight excluding hydrogens is 400 g/mol. The monoisotopic (exact) mass is 432 g/mol. The van der Waals surface area contributed by atoms with Gasteiger partial charge in [-0.05, 0) is 45.4 Å². The summed E-state index contributed by atoms with van der Waals surface area (Å²) in [5.74, 6) is -0.0903. The minimum absolute atomic E-state index is 0.0583. The third kappa shape index (κ3) is 12.5. The van der Waals surface area contributed by atoms with Crippen molar-refractivity contribution >= 4 is 16.1 Å². The molecule has 0 amide bonds. The highest BCUT2D eigenvalue weighted by Gasteiger charge is 2.29. The van der Waals surface area contributed by atoms with Crippen LogP contribution in [0.2, 0.25) is 0 Å². The van der Waals surface area contributed by atoms with Crippen molar-refractivity contribution in [1.29, 1.82) is 0 Å². The van der Waals surface area contributed by atoms with Gasteiger partial charge in [0.2, 0.25) is 0 Å². The van der Waals surface area contributed by atoms with E-state index in [0.717, 1.165) is 6.26 Å². The predicted molar refractivity (Wildman–Crippen MR) is 109 cm³/mol. The highest BCUT2D eigenvalue weighted by molar-refractivity contribution is 7.86. The van der Waals surface area contributed by atoms with E-state index in [0.29, 0.717) is 44.3 Å². The summed E-state index contributed by atoms with van der Waals surface area (Å²) in [6, 6.07) is 6.97. The fourth-order valence-corrected chi connectivity index (χ4v) is 2.82. The Kier molecular flexibility index (Phi) is 10.6. The molecule has 0 saturated carbocycles. The Labute approximate surface area is 173 Å². The molecule has 8 nitrogen and oxygen atoms in total. The van der Waals surface area contributed by atoms with Crippen LogP contribution in [-0.2, 0) is 39.7 Å². The van der Waals surface area contributed by atoms with Gasteiger partial charge in [-0.1, -0.05) is 12.1 Å². The van der Waals surface area contributed by atoms with Crippen LogP contribution in [0.1, 0.15) is 33.3 Å². The summed E-state index contributed by atoms with van der Waals surface area (Å²) >= 11 is 0. The molecule has 0 N–H and O–H groups in total. The number of benzene rings is 1. The molecule has 0 aliphatic rings. The molecule has 1 aromatic carbocycles. The van der Waals surface area contributed by atoms with Crippen molar-refractivity contribution in [3.8, 4) is 5.75 Å². The Morgan fingerprint density at radius 2 is 1.59 bits per heavy atom. The van der Waals surface area contributed by atoms with Crippen LogP contribution in [0.15, 0.2) is 24.3 Å². The molecule has 0 bridgehead atoms. The Bertz CT molecular complexity index is 707. The highest BCUT2D eigenvalue weighted by Crippen LogP contribution is 2.17. The second kappa shape index (κ2) is 12.1. The van der Waals surface area contributed by atoms with Gasteiger partial charge < -0.3 is 18.9 Å². The van der Waals surface area contributed by atoms with Crippen LogP contribution in [-0.4, -0.2) is 65.4 Å². The third-order valence-corrected chi connectivity index (χ3v) is 3.96. The maximum absolute atomic E-state index is 12.3. The Morgan fingerprint density at radius 1 is 1.00 bits per heavy atom. The molecule has 0 radical (unpaired) electrons. The Hall–Kier alpha value is -1.68. The second-order valence-corrected chi connectivity index (χ2v) is 8.93. The summed E-state index contributed by atoms with van der Waals surface area (Å²) in [6.07, 6.45) is -0.296. The Morgan fingerprint density at radius 3 is 2.14 bits per heavy atom. The summed E-state index contributed by atoms with van der Waals surface area (Å²) in [6.45, 7) is 9.61. The van der Waals surface area contributed by atoms with E-state index in [-0.39, 0.29) is 6.42 Å². The fourth-order valence-electron chi connectivity index (χ4n) is 2.25. The van der Waals surface area contributed by atoms with Crippen LogP contribution >= 0.6 is 0 Å². The third-order valence-electron chi connectivity index (χ3n) is 3.38. The number of esters is 1. The van der Waals surface area contributed by atoms with E-state index in [4.69, 9.17) is 23.1 Å².